The number of ether oxygens (including phenoxy) is 2. The lowest BCUT2D eigenvalue weighted by Crippen LogP contribution is -2.05. The topological polar surface area (TPSA) is 57.1 Å². The highest BCUT2D eigenvalue weighted by molar-refractivity contribution is 6.28. The average molecular weight is 280 g/mol. The lowest BCUT2D eigenvalue weighted by molar-refractivity contribution is 0.242. The molecule has 0 aliphatic heterocycles. The maximum Gasteiger partial charge on any atom is 0.321 e. The Morgan fingerprint density at radius 2 is 1.95 bits per heavy atom. The van der Waals surface area contributed by atoms with Crippen molar-refractivity contribution in [3.63, 3.8) is 0 Å². The van der Waals surface area contributed by atoms with E-state index in [-0.39, 0.29) is 17.4 Å². The van der Waals surface area contributed by atoms with Gasteiger partial charge in [-0.15, -0.1) is 0 Å². The van der Waals surface area contributed by atoms with Crippen LogP contribution in [0, 0.1) is 0 Å². The molecule has 0 aliphatic carbocycles. The Labute approximate surface area is 116 Å². The molecular weight excluding hydrogens is 266 g/mol. The van der Waals surface area contributed by atoms with Crippen molar-refractivity contribution in [3.05, 3.63) is 29.5 Å². The van der Waals surface area contributed by atoms with Gasteiger partial charge in [0.2, 0.25) is 5.28 Å². The molecule has 0 fully saturated rings. The molecule has 0 aliphatic rings. The molecule has 0 saturated carbocycles. The first-order chi connectivity index (χ1) is 9.08. The van der Waals surface area contributed by atoms with E-state index in [1.165, 1.54) is 7.11 Å². The molecule has 1 aromatic heterocycles. The third kappa shape index (κ3) is 3.54. The van der Waals surface area contributed by atoms with E-state index >= 15 is 0 Å². The van der Waals surface area contributed by atoms with Crippen LogP contribution in [0.25, 0.3) is 11.4 Å². The fraction of sp³-hybridized carbons (Fsp3) is 0.308. The SMILES string of the molecule is COc1nc(Cl)nc(-c2cccc(OC(C)C)c2)n1. The summed E-state index contributed by atoms with van der Waals surface area (Å²) in [4.78, 5) is 12.1. The number of methoxy groups -OCH3 is 1. The van der Waals surface area contributed by atoms with E-state index in [9.17, 15) is 0 Å². The van der Waals surface area contributed by atoms with E-state index in [0.29, 0.717) is 5.82 Å². The minimum atomic E-state index is 0.0945. The number of halogens is 1. The quantitative estimate of drug-likeness (QED) is 0.861. The van der Waals surface area contributed by atoms with Gasteiger partial charge in [0, 0.05) is 5.56 Å². The molecule has 0 N–H and O–H groups in total. The molecule has 2 rings (SSSR count). The standard InChI is InChI=1S/C13H14ClN3O2/c1-8(2)19-10-6-4-5-9(7-10)11-15-12(14)17-13(16-11)18-3/h4-8H,1-3H3. The number of aromatic nitrogens is 3. The van der Waals surface area contributed by atoms with E-state index in [1.54, 1.807) is 0 Å². The minimum absolute atomic E-state index is 0.0945. The maximum absolute atomic E-state index is 5.83. The summed E-state index contributed by atoms with van der Waals surface area (Å²) in [6, 6.07) is 7.66. The van der Waals surface area contributed by atoms with Crippen molar-refractivity contribution in [2.24, 2.45) is 0 Å². The molecule has 2 aromatic rings. The summed E-state index contributed by atoms with van der Waals surface area (Å²) in [5, 5.41) is 0.0945. The molecule has 19 heavy (non-hydrogen) atoms. The van der Waals surface area contributed by atoms with Crippen LogP contribution in [0.5, 0.6) is 11.8 Å². The molecular formula is C13H14ClN3O2. The van der Waals surface area contributed by atoms with E-state index in [1.807, 2.05) is 38.1 Å². The van der Waals surface area contributed by atoms with Crippen molar-refractivity contribution >= 4 is 11.6 Å². The lowest BCUT2D eigenvalue weighted by Gasteiger charge is -2.10. The highest BCUT2D eigenvalue weighted by Crippen LogP contribution is 2.23. The van der Waals surface area contributed by atoms with Gasteiger partial charge in [0.25, 0.3) is 0 Å². The summed E-state index contributed by atoms with van der Waals surface area (Å²) in [5.41, 5.74) is 0.792. The zero-order valence-corrected chi connectivity index (χ0v) is 11.7. The van der Waals surface area contributed by atoms with Gasteiger partial charge in [-0.2, -0.15) is 15.0 Å². The second-order valence-corrected chi connectivity index (χ2v) is 4.45. The first kappa shape index (κ1) is 13.5. The molecule has 6 heteroatoms. The largest absolute Gasteiger partial charge is 0.491 e. The third-order valence-electron chi connectivity index (χ3n) is 2.23. The van der Waals surface area contributed by atoms with Crippen LogP contribution < -0.4 is 9.47 Å². The fourth-order valence-electron chi connectivity index (χ4n) is 1.53. The molecule has 0 amide bonds. The smallest absolute Gasteiger partial charge is 0.321 e. The molecule has 100 valence electrons. The van der Waals surface area contributed by atoms with Crippen LogP contribution in [0.3, 0.4) is 0 Å². The van der Waals surface area contributed by atoms with Crippen LogP contribution in [-0.2, 0) is 0 Å². The van der Waals surface area contributed by atoms with Gasteiger partial charge in [-0.1, -0.05) is 12.1 Å². The summed E-state index contributed by atoms with van der Waals surface area (Å²) in [6.45, 7) is 3.94. The molecule has 1 aromatic carbocycles. The Balaban J connectivity index is 2.38. The number of nitrogens with zero attached hydrogens (tertiary/aromatic N) is 3. The van der Waals surface area contributed by atoms with Crippen molar-refractivity contribution in [1.29, 1.82) is 0 Å². The lowest BCUT2D eigenvalue weighted by atomic mass is 10.2. The zero-order chi connectivity index (χ0) is 13.8. The summed E-state index contributed by atoms with van der Waals surface area (Å²) >= 11 is 5.83. The highest BCUT2D eigenvalue weighted by atomic mass is 35.5. The number of hydrogen-bond donors (Lipinski definition) is 0. The van der Waals surface area contributed by atoms with Gasteiger partial charge < -0.3 is 9.47 Å². The van der Waals surface area contributed by atoms with Crippen LogP contribution in [-0.4, -0.2) is 28.2 Å². The predicted molar refractivity (Wildman–Crippen MR) is 72.6 cm³/mol. The Morgan fingerprint density at radius 1 is 1.16 bits per heavy atom. The van der Waals surface area contributed by atoms with Gasteiger partial charge >= 0.3 is 6.01 Å². The number of benzene rings is 1. The molecule has 1 heterocycles. The molecule has 0 bridgehead atoms. The van der Waals surface area contributed by atoms with Crippen molar-refractivity contribution in [3.8, 4) is 23.1 Å². The van der Waals surface area contributed by atoms with Crippen molar-refractivity contribution < 1.29 is 9.47 Å². The van der Waals surface area contributed by atoms with Crippen LogP contribution in [0.2, 0.25) is 5.28 Å². The summed E-state index contributed by atoms with van der Waals surface area (Å²) in [6.07, 6.45) is 0.103. The van der Waals surface area contributed by atoms with E-state index in [0.717, 1.165) is 11.3 Å². The van der Waals surface area contributed by atoms with E-state index in [2.05, 4.69) is 15.0 Å². The molecule has 0 atom stereocenters. The summed E-state index contributed by atoms with van der Waals surface area (Å²) in [5.74, 6) is 1.20. The highest BCUT2D eigenvalue weighted by Gasteiger charge is 2.09. The summed E-state index contributed by atoms with van der Waals surface area (Å²) in [7, 11) is 1.48. The normalized spacial score (nSPS) is 10.6. The number of rotatable bonds is 4. The van der Waals surface area contributed by atoms with Crippen LogP contribution in [0.1, 0.15) is 13.8 Å². The average Bonchev–Trinajstić information content (AvgIpc) is 2.37. The second kappa shape index (κ2) is 5.84. The first-order valence-electron chi connectivity index (χ1n) is 5.81. The summed E-state index contributed by atoms with van der Waals surface area (Å²) < 4.78 is 10.6. The number of hydrogen-bond acceptors (Lipinski definition) is 5. The maximum atomic E-state index is 5.83. The van der Waals surface area contributed by atoms with E-state index < -0.39 is 0 Å². The Hall–Kier alpha value is -1.88. The Morgan fingerprint density at radius 3 is 2.63 bits per heavy atom. The second-order valence-electron chi connectivity index (χ2n) is 4.11. The van der Waals surface area contributed by atoms with Gasteiger partial charge in [-0.05, 0) is 37.6 Å². The van der Waals surface area contributed by atoms with Crippen molar-refractivity contribution in [2.45, 2.75) is 20.0 Å². The zero-order valence-electron chi connectivity index (χ0n) is 10.9. The fourth-order valence-corrected chi connectivity index (χ4v) is 1.69. The molecule has 5 nitrogen and oxygen atoms in total. The van der Waals surface area contributed by atoms with Gasteiger partial charge in [-0.25, -0.2) is 0 Å². The monoisotopic (exact) mass is 279 g/mol. The third-order valence-corrected chi connectivity index (χ3v) is 2.40. The van der Waals surface area contributed by atoms with Gasteiger partial charge in [0.15, 0.2) is 5.82 Å². The Bertz CT molecular complexity index is 576. The van der Waals surface area contributed by atoms with Crippen LogP contribution in [0.15, 0.2) is 24.3 Å². The molecule has 0 saturated heterocycles. The van der Waals surface area contributed by atoms with Crippen LogP contribution >= 0.6 is 11.6 Å². The molecule has 0 radical (unpaired) electrons. The van der Waals surface area contributed by atoms with Crippen molar-refractivity contribution in [1.82, 2.24) is 15.0 Å². The van der Waals surface area contributed by atoms with Gasteiger partial charge in [0.05, 0.1) is 13.2 Å². The van der Waals surface area contributed by atoms with Gasteiger partial charge in [-0.3, -0.25) is 0 Å². The first-order valence-corrected chi connectivity index (χ1v) is 6.19. The Kier molecular flexibility index (Phi) is 4.16. The van der Waals surface area contributed by atoms with Crippen LogP contribution in [0.4, 0.5) is 0 Å². The molecule has 0 unspecified atom stereocenters. The minimum Gasteiger partial charge on any atom is -0.491 e. The van der Waals surface area contributed by atoms with Crippen molar-refractivity contribution in [2.75, 3.05) is 7.11 Å². The predicted octanol–water partition coefficient (Wildman–Crippen LogP) is 2.99. The van der Waals surface area contributed by atoms with E-state index in [4.69, 9.17) is 21.1 Å². The van der Waals surface area contributed by atoms with Gasteiger partial charge in [0.1, 0.15) is 5.75 Å². The molecule has 0 spiro atoms.